The molecule has 0 aromatic carbocycles. The average molecular weight is 253 g/mol. The summed E-state index contributed by atoms with van der Waals surface area (Å²) < 4.78 is 10.4. The van der Waals surface area contributed by atoms with E-state index in [0.29, 0.717) is 24.7 Å². The molecular weight excluding hydrogens is 234 g/mol. The van der Waals surface area contributed by atoms with E-state index in [9.17, 15) is 9.90 Å². The first-order valence-electron chi connectivity index (χ1n) is 6.25. The Kier molecular flexibility index (Phi) is 4.38. The number of carbonyl (C=O) groups excluding carboxylic acids is 1. The number of methoxy groups -OCH3 is 1. The van der Waals surface area contributed by atoms with Crippen molar-refractivity contribution in [1.29, 1.82) is 0 Å². The summed E-state index contributed by atoms with van der Waals surface area (Å²) in [5, 5.41) is 9.30. The number of hydrogen-bond donors (Lipinski definition) is 1. The molecule has 1 aromatic heterocycles. The van der Waals surface area contributed by atoms with E-state index in [4.69, 9.17) is 9.15 Å². The molecule has 0 aliphatic carbocycles. The van der Waals surface area contributed by atoms with Crippen LogP contribution in [0.1, 0.15) is 35.6 Å². The second-order valence-corrected chi connectivity index (χ2v) is 4.53. The molecule has 18 heavy (non-hydrogen) atoms. The Labute approximate surface area is 106 Å². The molecule has 1 unspecified atom stereocenters. The highest BCUT2D eigenvalue weighted by Gasteiger charge is 2.28. The number of rotatable bonds is 4. The number of piperidine rings is 1. The van der Waals surface area contributed by atoms with Crippen molar-refractivity contribution in [1.82, 2.24) is 4.90 Å². The SMILES string of the molecule is COCc1ccc(C(=O)N2CCCCC2CO)o1. The zero-order valence-electron chi connectivity index (χ0n) is 10.6. The minimum absolute atomic E-state index is 0.0113. The van der Waals surface area contributed by atoms with Gasteiger partial charge in [0, 0.05) is 13.7 Å². The Morgan fingerprint density at radius 3 is 3.11 bits per heavy atom. The van der Waals surface area contributed by atoms with Crippen molar-refractivity contribution < 1.29 is 19.1 Å². The Hall–Kier alpha value is -1.33. The molecule has 0 spiro atoms. The summed E-state index contributed by atoms with van der Waals surface area (Å²) in [4.78, 5) is 14.0. The highest BCUT2D eigenvalue weighted by Crippen LogP contribution is 2.20. The zero-order valence-corrected chi connectivity index (χ0v) is 10.6. The van der Waals surface area contributed by atoms with Crippen LogP contribution in [0.3, 0.4) is 0 Å². The van der Waals surface area contributed by atoms with E-state index in [1.54, 1.807) is 24.1 Å². The normalized spacial score (nSPS) is 20.1. The van der Waals surface area contributed by atoms with Crippen LogP contribution in [-0.2, 0) is 11.3 Å². The van der Waals surface area contributed by atoms with E-state index in [-0.39, 0.29) is 18.6 Å². The number of likely N-dealkylation sites (tertiary alicyclic amines) is 1. The van der Waals surface area contributed by atoms with Crippen molar-refractivity contribution >= 4 is 5.91 Å². The number of hydrogen-bond acceptors (Lipinski definition) is 4. The van der Waals surface area contributed by atoms with Crippen LogP contribution in [0.4, 0.5) is 0 Å². The van der Waals surface area contributed by atoms with E-state index in [0.717, 1.165) is 19.3 Å². The second-order valence-electron chi connectivity index (χ2n) is 4.53. The van der Waals surface area contributed by atoms with Crippen LogP contribution < -0.4 is 0 Å². The van der Waals surface area contributed by atoms with Gasteiger partial charge in [-0.25, -0.2) is 0 Å². The van der Waals surface area contributed by atoms with Crippen molar-refractivity contribution in [2.45, 2.75) is 31.9 Å². The molecule has 1 saturated heterocycles. The predicted octanol–water partition coefficient (Wildman–Crippen LogP) is 1.41. The van der Waals surface area contributed by atoms with Gasteiger partial charge in [-0.2, -0.15) is 0 Å². The van der Waals surface area contributed by atoms with Crippen LogP contribution in [0.15, 0.2) is 16.5 Å². The van der Waals surface area contributed by atoms with Gasteiger partial charge in [0.05, 0.1) is 12.6 Å². The molecule has 0 saturated carbocycles. The van der Waals surface area contributed by atoms with Crippen molar-refractivity contribution in [3.63, 3.8) is 0 Å². The minimum Gasteiger partial charge on any atom is -0.453 e. The van der Waals surface area contributed by atoms with Crippen LogP contribution in [0.5, 0.6) is 0 Å². The van der Waals surface area contributed by atoms with E-state index in [1.807, 2.05) is 0 Å². The van der Waals surface area contributed by atoms with Crippen LogP contribution >= 0.6 is 0 Å². The molecule has 1 fully saturated rings. The van der Waals surface area contributed by atoms with E-state index in [1.165, 1.54) is 0 Å². The fraction of sp³-hybridized carbons (Fsp3) is 0.615. The lowest BCUT2D eigenvalue weighted by Gasteiger charge is -2.33. The smallest absolute Gasteiger partial charge is 0.289 e. The number of nitrogens with zero attached hydrogens (tertiary/aromatic N) is 1. The first-order chi connectivity index (χ1) is 8.76. The average Bonchev–Trinajstić information content (AvgIpc) is 2.87. The van der Waals surface area contributed by atoms with Gasteiger partial charge in [-0.1, -0.05) is 0 Å². The molecule has 1 N–H and O–H groups in total. The summed E-state index contributed by atoms with van der Waals surface area (Å²) in [6.07, 6.45) is 2.89. The third-order valence-electron chi connectivity index (χ3n) is 3.26. The van der Waals surface area contributed by atoms with E-state index in [2.05, 4.69) is 0 Å². The maximum absolute atomic E-state index is 12.3. The Morgan fingerprint density at radius 2 is 2.39 bits per heavy atom. The van der Waals surface area contributed by atoms with Crippen LogP contribution in [0.25, 0.3) is 0 Å². The zero-order chi connectivity index (χ0) is 13.0. The van der Waals surface area contributed by atoms with Gasteiger partial charge in [-0.3, -0.25) is 4.79 Å². The molecule has 0 radical (unpaired) electrons. The lowest BCUT2D eigenvalue weighted by Crippen LogP contribution is -2.45. The highest BCUT2D eigenvalue weighted by atomic mass is 16.5. The molecule has 1 aliphatic rings. The van der Waals surface area contributed by atoms with Crippen LogP contribution in [0, 0.1) is 0 Å². The van der Waals surface area contributed by atoms with Crippen LogP contribution in [0.2, 0.25) is 0 Å². The van der Waals surface area contributed by atoms with Gasteiger partial charge < -0.3 is 19.2 Å². The molecule has 100 valence electrons. The van der Waals surface area contributed by atoms with Gasteiger partial charge in [-0.15, -0.1) is 0 Å². The largest absolute Gasteiger partial charge is 0.453 e. The fourth-order valence-electron chi connectivity index (χ4n) is 2.31. The lowest BCUT2D eigenvalue weighted by molar-refractivity contribution is 0.0467. The minimum atomic E-state index is -0.142. The quantitative estimate of drug-likeness (QED) is 0.881. The number of aliphatic hydroxyl groups excluding tert-OH is 1. The summed E-state index contributed by atoms with van der Waals surface area (Å²) in [5.74, 6) is 0.817. The standard InChI is InChI=1S/C13H19NO4/c1-17-9-11-5-6-12(18-11)13(16)14-7-3-2-4-10(14)8-15/h5-6,10,15H,2-4,7-9H2,1H3. The molecule has 2 heterocycles. The van der Waals surface area contributed by atoms with Gasteiger partial charge in [0.2, 0.25) is 0 Å². The second kappa shape index (κ2) is 6.02. The molecule has 1 amide bonds. The highest BCUT2D eigenvalue weighted by molar-refractivity contribution is 5.91. The summed E-state index contributed by atoms with van der Waals surface area (Å²) >= 11 is 0. The van der Waals surface area contributed by atoms with Crippen molar-refractivity contribution in [2.75, 3.05) is 20.3 Å². The topological polar surface area (TPSA) is 62.9 Å². The first kappa shape index (κ1) is 13.1. The molecule has 2 rings (SSSR count). The van der Waals surface area contributed by atoms with Crippen molar-refractivity contribution in [3.05, 3.63) is 23.7 Å². The molecule has 1 atom stereocenters. The van der Waals surface area contributed by atoms with Gasteiger partial charge in [-0.05, 0) is 31.4 Å². The molecule has 5 heteroatoms. The molecule has 1 aromatic rings. The van der Waals surface area contributed by atoms with Gasteiger partial charge >= 0.3 is 0 Å². The molecular formula is C13H19NO4. The lowest BCUT2D eigenvalue weighted by atomic mass is 10.0. The van der Waals surface area contributed by atoms with E-state index < -0.39 is 0 Å². The summed E-state index contributed by atoms with van der Waals surface area (Å²) in [7, 11) is 1.58. The third kappa shape index (κ3) is 2.73. The Balaban J connectivity index is 2.08. The predicted molar refractivity (Wildman–Crippen MR) is 65.2 cm³/mol. The number of carbonyl (C=O) groups is 1. The summed E-state index contributed by atoms with van der Waals surface area (Å²) in [6, 6.07) is 3.33. The number of furan rings is 1. The maximum Gasteiger partial charge on any atom is 0.289 e. The molecule has 0 bridgehead atoms. The molecule has 5 nitrogen and oxygen atoms in total. The Morgan fingerprint density at radius 1 is 1.56 bits per heavy atom. The monoisotopic (exact) mass is 253 g/mol. The Bertz CT molecular complexity index is 401. The third-order valence-corrected chi connectivity index (χ3v) is 3.26. The molecule has 1 aliphatic heterocycles. The van der Waals surface area contributed by atoms with Crippen molar-refractivity contribution in [2.24, 2.45) is 0 Å². The maximum atomic E-state index is 12.3. The van der Waals surface area contributed by atoms with Gasteiger partial charge in [0.15, 0.2) is 5.76 Å². The summed E-state index contributed by atoms with van der Waals surface area (Å²) in [5.41, 5.74) is 0. The number of aliphatic hydroxyl groups is 1. The fourth-order valence-corrected chi connectivity index (χ4v) is 2.31. The van der Waals surface area contributed by atoms with Gasteiger partial charge in [0.25, 0.3) is 5.91 Å². The first-order valence-corrected chi connectivity index (χ1v) is 6.25. The van der Waals surface area contributed by atoms with Crippen LogP contribution in [-0.4, -0.2) is 42.2 Å². The van der Waals surface area contributed by atoms with Gasteiger partial charge in [0.1, 0.15) is 12.4 Å². The van der Waals surface area contributed by atoms with E-state index >= 15 is 0 Å². The van der Waals surface area contributed by atoms with Crippen molar-refractivity contribution in [3.8, 4) is 0 Å². The number of ether oxygens (including phenoxy) is 1. The number of amides is 1. The summed E-state index contributed by atoms with van der Waals surface area (Å²) in [6.45, 7) is 1.05.